The molecule has 0 spiro atoms. The van der Waals surface area contributed by atoms with Crippen LogP contribution in [0.1, 0.15) is 24.8 Å². The van der Waals surface area contributed by atoms with Crippen LogP contribution in [0.5, 0.6) is 0 Å². The second-order valence-corrected chi connectivity index (χ2v) is 3.99. The maximum atomic E-state index is 5.26. The average molecular weight is 219 g/mol. The SMILES string of the molecule is Cn1cncc1-c1noc([C@@H]2CCCN2)n1. The maximum Gasteiger partial charge on any atom is 0.244 e. The quantitative estimate of drug-likeness (QED) is 0.812. The van der Waals surface area contributed by atoms with Gasteiger partial charge in [-0.1, -0.05) is 5.16 Å². The molecule has 1 aliphatic rings. The minimum Gasteiger partial charge on any atom is -0.337 e. The Bertz CT molecular complexity index is 483. The van der Waals surface area contributed by atoms with Gasteiger partial charge >= 0.3 is 0 Å². The third kappa shape index (κ3) is 1.51. The molecular weight excluding hydrogens is 206 g/mol. The van der Waals surface area contributed by atoms with Gasteiger partial charge in [0.25, 0.3) is 0 Å². The van der Waals surface area contributed by atoms with Crippen molar-refractivity contribution >= 4 is 0 Å². The van der Waals surface area contributed by atoms with Crippen molar-refractivity contribution < 1.29 is 4.52 Å². The molecular formula is C10H13N5O. The average Bonchev–Trinajstić information content (AvgIpc) is 2.96. The van der Waals surface area contributed by atoms with Gasteiger partial charge in [0, 0.05) is 7.05 Å². The molecule has 1 aliphatic heterocycles. The first-order valence-electron chi connectivity index (χ1n) is 5.38. The van der Waals surface area contributed by atoms with Gasteiger partial charge in [-0.25, -0.2) is 4.98 Å². The summed E-state index contributed by atoms with van der Waals surface area (Å²) in [6, 6.07) is 0.217. The minimum absolute atomic E-state index is 0.217. The van der Waals surface area contributed by atoms with Crippen molar-refractivity contribution in [2.45, 2.75) is 18.9 Å². The summed E-state index contributed by atoms with van der Waals surface area (Å²) in [6.07, 6.45) is 5.68. The molecule has 0 unspecified atom stereocenters. The molecule has 0 amide bonds. The van der Waals surface area contributed by atoms with E-state index >= 15 is 0 Å². The zero-order valence-corrected chi connectivity index (χ0v) is 9.05. The summed E-state index contributed by atoms with van der Waals surface area (Å²) in [6.45, 7) is 1.02. The number of imidazole rings is 1. The number of nitrogens with zero attached hydrogens (tertiary/aromatic N) is 4. The molecule has 6 nitrogen and oxygen atoms in total. The summed E-state index contributed by atoms with van der Waals surface area (Å²) >= 11 is 0. The fourth-order valence-electron chi connectivity index (χ4n) is 1.95. The van der Waals surface area contributed by atoms with Crippen LogP contribution in [-0.4, -0.2) is 26.2 Å². The summed E-state index contributed by atoms with van der Waals surface area (Å²) in [5.41, 5.74) is 0.869. The number of aromatic nitrogens is 4. The molecule has 1 fully saturated rings. The number of nitrogens with one attached hydrogen (secondary N) is 1. The van der Waals surface area contributed by atoms with E-state index in [1.807, 2.05) is 11.6 Å². The maximum absolute atomic E-state index is 5.26. The normalized spacial score (nSPS) is 20.4. The van der Waals surface area contributed by atoms with Gasteiger partial charge < -0.3 is 14.4 Å². The lowest BCUT2D eigenvalue weighted by atomic mass is 10.2. The number of hydrogen-bond acceptors (Lipinski definition) is 5. The first-order valence-corrected chi connectivity index (χ1v) is 5.38. The van der Waals surface area contributed by atoms with Crippen molar-refractivity contribution in [3.63, 3.8) is 0 Å². The summed E-state index contributed by atoms with van der Waals surface area (Å²) in [7, 11) is 1.91. The van der Waals surface area contributed by atoms with Crippen molar-refractivity contribution in [1.29, 1.82) is 0 Å². The molecule has 0 bridgehead atoms. The topological polar surface area (TPSA) is 68.8 Å². The Kier molecular flexibility index (Phi) is 2.21. The van der Waals surface area contributed by atoms with Crippen LogP contribution in [0.15, 0.2) is 17.0 Å². The van der Waals surface area contributed by atoms with Crippen molar-refractivity contribution in [2.24, 2.45) is 7.05 Å². The smallest absolute Gasteiger partial charge is 0.244 e. The van der Waals surface area contributed by atoms with E-state index in [-0.39, 0.29) is 6.04 Å². The monoisotopic (exact) mass is 219 g/mol. The van der Waals surface area contributed by atoms with Crippen LogP contribution in [0, 0.1) is 0 Å². The second-order valence-electron chi connectivity index (χ2n) is 3.99. The van der Waals surface area contributed by atoms with E-state index in [1.54, 1.807) is 12.5 Å². The Morgan fingerprint density at radius 2 is 2.50 bits per heavy atom. The lowest BCUT2D eigenvalue weighted by Gasteiger charge is -2.01. The highest BCUT2D eigenvalue weighted by molar-refractivity contribution is 5.47. The van der Waals surface area contributed by atoms with Crippen molar-refractivity contribution in [3.8, 4) is 11.5 Å². The summed E-state index contributed by atoms with van der Waals surface area (Å²) < 4.78 is 7.13. The molecule has 16 heavy (non-hydrogen) atoms. The molecule has 6 heteroatoms. The van der Waals surface area contributed by atoms with Gasteiger partial charge in [-0.15, -0.1) is 0 Å². The standard InChI is InChI=1S/C10H13N5O/c1-15-6-11-5-8(15)9-13-10(16-14-9)7-3-2-4-12-7/h5-7,12H,2-4H2,1H3/t7-/m0/s1. The Morgan fingerprint density at radius 1 is 1.56 bits per heavy atom. The number of hydrogen-bond donors (Lipinski definition) is 1. The van der Waals surface area contributed by atoms with E-state index in [4.69, 9.17) is 4.52 Å². The number of rotatable bonds is 2. The van der Waals surface area contributed by atoms with E-state index in [0.717, 1.165) is 25.1 Å². The van der Waals surface area contributed by atoms with Crippen molar-refractivity contribution in [2.75, 3.05) is 6.54 Å². The lowest BCUT2D eigenvalue weighted by Crippen LogP contribution is -2.13. The van der Waals surface area contributed by atoms with E-state index < -0.39 is 0 Å². The molecule has 0 radical (unpaired) electrons. The van der Waals surface area contributed by atoms with Crippen LogP contribution < -0.4 is 5.32 Å². The third-order valence-corrected chi connectivity index (χ3v) is 2.85. The molecule has 2 aromatic heterocycles. The van der Waals surface area contributed by atoms with Crippen molar-refractivity contribution in [3.05, 3.63) is 18.4 Å². The fourth-order valence-corrected chi connectivity index (χ4v) is 1.95. The molecule has 3 heterocycles. The molecule has 84 valence electrons. The minimum atomic E-state index is 0.217. The molecule has 1 atom stereocenters. The Hall–Kier alpha value is -1.69. The van der Waals surface area contributed by atoms with Gasteiger partial charge in [0.2, 0.25) is 11.7 Å². The summed E-state index contributed by atoms with van der Waals surface area (Å²) in [4.78, 5) is 8.42. The van der Waals surface area contributed by atoms with E-state index in [9.17, 15) is 0 Å². The fraction of sp³-hybridized carbons (Fsp3) is 0.500. The summed E-state index contributed by atoms with van der Waals surface area (Å²) in [5, 5.41) is 7.30. The molecule has 0 saturated carbocycles. The van der Waals surface area contributed by atoms with Gasteiger partial charge in [0.05, 0.1) is 18.6 Å². The molecule has 0 aliphatic carbocycles. The van der Waals surface area contributed by atoms with E-state index in [0.29, 0.717) is 11.7 Å². The predicted molar refractivity (Wildman–Crippen MR) is 56.5 cm³/mol. The molecule has 2 aromatic rings. The van der Waals surface area contributed by atoms with E-state index in [2.05, 4.69) is 20.4 Å². The zero-order valence-electron chi connectivity index (χ0n) is 9.05. The highest BCUT2D eigenvalue weighted by Gasteiger charge is 2.23. The van der Waals surface area contributed by atoms with Crippen molar-refractivity contribution in [1.82, 2.24) is 25.0 Å². The molecule has 1 N–H and O–H groups in total. The van der Waals surface area contributed by atoms with Crippen LogP contribution >= 0.6 is 0 Å². The van der Waals surface area contributed by atoms with Gasteiger partial charge in [0.15, 0.2) is 0 Å². The summed E-state index contributed by atoms with van der Waals surface area (Å²) in [5.74, 6) is 1.28. The zero-order chi connectivity index (χ0) is 11.0. The molecule has 3 rings (SSSR count). The van der Waals surface area contributed by atoms with Crippen LogP contribution in [0.25, 0.3) is 11.5 Å². The van der Waals surface area contributed by atoms with Crippen LogP contribution in [-0.2, 0) is 7.05 Å². The first-order chi connectivity index (χ1) is 7.84. The van der Waals surface area contributed by atoms with Crippen LogP contribution in [0.4, 0.5) is 0 Å². The van der Waals surface area contributed by atoms with Gasteiger partial charge in [-0.2, -0.15) is 4.98 Å². The first kappa shape index (κ1) is 9.53. The van der Waals surface area contributed by atoms with E-state index in [1.165, 1.54) is 0 Å². The van der Waals surface area contributed by atoms with Crippen LogP contribution in [0.2, 0.25) is 0 Å². The highest BCUT2D eigenvalue weighted by Crippen LogP contribution is 2.23. The number of aryl methyl sites for hydroxylation is 1. The van der Waals surface area contributed by atoms with Gasteiger partial charge in [0.1, 0.15) is 5.69 Å². The van der Waals surface area contributed by atoms with Crippen LogP contribution in [0.3, 0.4) is 0 Å². The predicted octanol–water partition coefficient (Wildman–Crippen LogP) is 0.895. The second kappa shape index (κ2) is 3.71. The Morgan fingerprint density at radius 3 is 3.19 bits per heavy atom. The lowest BCUT2D eigenvalue weighted by molar-refractivity contribution is 0.344. The Balaban J connectivity index is 1.90. The highest BCUT2D eigenvalue weighted by atomic mass is 16.5. The molecule has 0 aromatic carbocycles. The molecule has 1 saturated heterocycles. The largest absolute Gasteiger partial charge is 0.337 e. The van der Waals surface area contributed by atoms with Gasteiger partial charge in [-0.05, 0) is 19.4 Å². The third-order valence-electron chi connectivity index (χ3n) is 2.85. The Labute approximate surface area is 92.7 Å². The van der Waals surface area contributed by atoms with Gasteiger partial charge in [-0.3, -0.25) is 0 Å².